The molecule has 0 bridgehead atoms. The molecule has 33 heavy (non-hydrogen) atoms. The van der Waals surface area contributed by atoms with Gasteiger partial charge in [-0.15, -0.1) is 11.8 Å². The monoisotopic (exact) mass is 475 g/mol. The van der Waals surface area contributed by atoms with Gasteiger partial charge in [0.15, 0.2) is 0 Å². The number of rotatable bonds is 7. The Labute approximate surface area is 201 Å². The van der Waals surface area contributed by atoms with Gasteiger partial charge in [0.2, 0.25) is 17.7 Å². The van der Waals surface area contributed by atoms with Crippen LogP contribution in [0.2, 0.25) is 0 Å². The van der Waals surface area contributed by atoms with Gasteiger partial charge in [0, 0.05) is 31.9 Å². The smallest absolute Gasteiger partial charge is 0.247 e. The molecule has 4 aliphatic heterocycles. The van der Waals surface area contributed by atoms with E-state index in [1.807, 2.05) is 30.9 Å². The van der Waals surface area contributed by atoms with E-state index in [1.165, 1.54) is 0 Å². The van der Waals surface area contributed by atoms with Gasteiger partial charge in [-0.05, 0) is 12.3 Å². The van der Waals surface area contributed by atoms with Gasteiger partial charge in [-0.25, -0.2) is 0 Å². The number of amides is 3. The fourth-order valence-electron chi connectivity index (χ4n) is 5.97. The van der Waals surface area contributed by atoms with Gasteiger partial charge in [0.25, 0.3) is 0 Å². The summed E-state index contributed by atoms with van der Waals surface area (Å²) in [7, 11) is 1.77. The van der Waals surface area contributed by atoms with E-state index in [1.54, 1.807) is 28.6 Å². The number of aliphatic hydroxyl groups is 1. The summed E-state index contributed by atoms with van der Waals surface area (Å²) < 4.78 is -0.802. The summed E-state index contributed by atoms with van der Waals surface area (Å²) in [6.07, 6.45) is 10.8. The lowest BCUT2D eigenvalue weighted by Crippen LogP contribution is -2.57. The average Bonchev–Trinajstić information content (AvgIpc) is 3.13. The molecule has 1 N–H and O–H groups in total. The largest absolute Gasteiger partial charge is 0.394 e. The van der Waals surface area contributed by atoms with Crippen LogP contribution in [0, 0.1) is 17.8 Å². The summed E-state index contributed by atoms with van der Waals surface area (Å²) >= 11 is 1.60. The van der Waals surface area contributed by atoms with Crippen molar-refractivity contribution in [3.05, 3.63) is 24.3 Å². The highest BCUT2D eigenvalue weighted by Gasteiger charge is 2.71. The highest BCUT2D eigenvalue weighted by atomic mass is 32.2. The third kappa shape index (κ3) is 3.73. The molecule has 182 valence electrons. The van der Waals surface area contributed by atoms with Gasteiger partial charge in [-0.3, -0.25) is 14.4 Å². The number of thioether (sulfide) groups is 1. The molecule has 1 unspecified atom stereocenters. The maximum atomic E-state index is 14.2. The molecule has 2 saturated heterocycles. The molecule has 0 aliphatic carbocycles. The van der Waals surface area contributed by atoms with Crippen molar-refractivity contribution in [3.8, 4) is 0 Å². The predicted octanol–water partition coefficient (Wildman–Crippen LogP) is 1.92. The van der Waals surface area contributed by atoms with Crippen molar-refractivity contribution < 1.29 is 19.5 Å². The first-order chi connectivity index (χ1) is 15.8. The van der Waals surface area contributed by atoms with Crippen LogP contribution in [0.25, 0.3) is 0 Å². The maximum absolute atomic E-state index is 14.2. The van der Waals surface area contributed by atoms with Crippen LogP contribution in [0.15, 0.2) is 24.3 Å². The van der Waals surface area contributed by atoms with Gasteiger partial charge in [0.1, 0.15) is 6.04 Å². The summed E-state index contributed by atoms with van der Waals surface area (Å²) in [5, 5.41) is 10.2. The Morgan fingerprint density at radius 1 is 1.15 bits per heavy atom. The van der Waals surface area contributed by atoms with Crippen LogP contribution in [-0.4, -0.2) is 92.9 Å². The molecule has 4 heterocycles. The first-order valence-corrected chi connectivity index (χ1v) is 13.2. The van der Waals surface area contributed by atoms with E-state index >= 15 is 0 Å². The zero-order chi connectivity index (χ0) is 23.9. The Kier molecular flexibility index (Phi) is 6.97. The second kappa shape index (κ2) is 9.45. The van der Waals surface area contributed by atoms with Crippen molar-refractivity contribution in [2.24, 2.45) is 17.8 Å². The van der Waals surface area contributed by atoms with E-state index in [9.17, 15) is 19.5 Å². The Morgan fingerprint density at radius 2 is 1.91 bits per heavy atom. The molecule has 0 aromatic rings. The molecule has 2 fully saturated rings. The fourth-order valence-corrected chi connectivity index (χ4v) is 7.96. The molecule has 7 nitrogen and oxygen atoms in total. The summed E-state index contributed by atoms with van der Waals surface area (Å²) in [4.78, 5) is 46.9. The minimum atomic E-state index is -0.802. The normalized spacial score (nSPS) is 35.3. The number of hydrogen-bond acceptors (Lipinski definition) is 5. The number of fused-ring (bicyclic) bond motifs is 2. The molecule has 3 amide bonds. The highest BCUT2D eigenvalue weighted by molar-refractivity contribution is 8.02. The zero-order valence-electron chi connectivity index (χ0n) is 20.1. The van der Waals surface area contributed by atoms with Crippen LogP contribution in [0.1, 0.15) is 40.0 Å². The van der Waals surface area contributed by atoms with E-state index < -0.39 is 28.7 Å². The summed E-state index contributed by atoms with van der Waals surface area (Å²) in [6, 6.07) is -1.16. The number of aliphatic hydroxyl groups excluding tert-OH is 1. The first kappa shape index (κ1) is 24.3. The quantitative estimate of drug-likeness (QED) is 0.569. The topological polar surface area (TPSA) is 81.2 Å². The molecular formula is C25H37N3O4S. The molecule has 0 aromatic carbocycles. The molecule has 8 heteroatoms. The second-order valence-electron chi connectivity index (χ2n) is 9.91. The number of likely N-dealkylation sites (tertiary alicyclic amines) is 1. The van der Waals surface area contributed by atoms with Crippen LogP contribution < -0.4 is 0 Å². The minimum Gasteiger partial charge on any atom is -0.394 e. The Bertz CT molecular complexity index is 861. The third-order valence-electron chi connectivity index (χ3n) is 8.01. The Balaban J connectivity index is 1.85. The maximum Gasteiger partial charge on any atom is 0.247 e. The van der Waals surface area contributed by atoms with Crippen molar-refractivity contribution in [2.75, 3.05) is 33.3 Å². The minimum absolute atomic E-state index is 0.0344. The number of carbonyl (C=O) groups excluding carboxylic acids is 3. The van der Waals surface area contributed by atoms with Crippen LogP contribution in [0.5, 0.6) is 0 Å². The van der Waals surface area contributed by atoms with E-state index in [0.29, 0.717) is 19.6 Å². The van der Waals surface area contributed by atoms with Crippen LogP contribution in [0.3, 0.4) is 0 Å². The van der Waals surface area contributed by atoms with E-state index in [4.69, 9.17) is 0 Å². The van der Waals surface area contributed by atoms with Crippen molar-refractivity contribution in [2.45, 2.75) is 62.1 Å². The number of nitrogens with zero attached hydrogens (tertiary/aromatic N) is 3. The van der Waals surface area contributed by atoms with Gasteiger partial charge in [-0.2, -0.15) is 0 Å². The van der Waals surface area contributed by atoms with Crippen LogP contribution in [-0.2, 0) is 14.4 Å². The third-order valence-corrected chi connectivity index (χ3v) is 9.75. The first-order valence-electron chi connectivity index (χ1n) is 12.3. The lowest BCUT2D eigenvalue weighted by molar-refractivity contribution is -0.147. The summed E-state index contributed by atoms with van der Waals surface area (Å²) in [5.41, 5.74) is 0. The van der Waals surface area contributed by atoms with E-state index in [-0.39, 0.29) is 35.5 Å². The molecule has 0 saturated carbocycles. The molecule has 1 spiro atoms. The SMILES string of the molecule is CCCCN1CC=C[C@]23S[C@@H]4C=CCN(C)C(=O)[C@@H]4[C@H]2C(=O)N([C@@H](CO)[C@@H](C)CC)C3C1=O. The van der Waals surface area contributed by atoms with E-state index in [0.717, 1.165) is 19.3 Å². The van der Waals surface area contributed by atoms with Crippen LogP contribution in [0.4, 0.5) is 0 Å². The van der Waals surface area contributed by atoms with Crippen LogP contribution >= 0.6 is 11.8 Å². The summed E-state index contributed by atoms with van der Waals surface area (Å²) in [5.74, 6) is -1.33. The van der Waals surface area contributed by atoms with Crippen molar-refractivity contribution in [1.29, 1.82) is 0 Å². The van der Waals surface area contributed by atoms with Crippen molar-refractivity contribution in [1.82, 2.24) is 14.7 Å². The predicted molar refractivity (Wildman–Crippen MR) is 129 cm³/mol. The number of unbranched alkanes of at least 4 members (excludes halogenated alkanes) is 1. The Morgan fingerprint density at radius 3 is 2.58 bits per heavy atom. The molecule has 0 aromatic heterocycles. The van der Waals surface area contributed by atoms with Gasteiger partial charge >= 0.3 is 0 Å². The fraction of sp³-hybridized carbons (Fsp3) is 0.720. The standard InChI is InChI=1S/C25H37N3O4S/c1-5-7-13-27-14-9-11-25-20(19-18(33-25)10-8-12-26(4)22(19)30)23(31)28(21(25)24(27)32)17(15-29)16(3)6-2/h8-11,16-21,29H,5-7,12-15H2,1-4H3/t16-,17-,18+,19-,20-,21?,25-/m0/s1. The van der Waals surface area contributed by atoms with Gasteiger partial charge < -0.3 is 19.8 Å². The second-order valence-corrected chi connectivity index (χ2v) is 11.4. The Hall–Kier alpha value is -1.80. The van der Waals surface area contributed by atoms with Gasteiger partial charge in [-0.1, -0.05) is 57.9 Å². The average molecular weight is 476 g/mol. The van der Waals surface area contributed by atoms with Gasteiger partial charge in [0.05, 0.1) is 29.2 Å². The number of hydrogen-bond donors (Lipinski definition) is 1. The molecule has 4 aliphatic rings. The lowest BCUT2D eigenvalue weighted by Gasteiger charge is -2.40. The summed E-state index contributed by atoms with van der Waals surface area (Å²) in [6.45, 7) is 7.64. The number of likely N-dealkylation sites (N-methyl/N-ethyl adjacent to an activating group) is 1. The number of carbonyl (C=O) groups is 3. The van der Waals surface area contributed by atoms with Crippen molar-refractivity contribution >= 4 is 29.5 Å². The molecule has 0 radical (unpaired) electrons. The van der Waals surface area contributed by atoms with Crippen molar-refractivity contribution in [3.63, 3.8) is 0 Å². The molecule has 7 atom stereocenters. The van der Waals surface area contributed by atoms with E-state index in [2.05, 4.69) is 19.1 Å². The highest BCUT2D eigenvalue weighted by Crippen LogP contribution is 2.61. The zero-order valence-corrected chi connectivity index (χ0v) is 21.0. The molecular weight excluding hydrogens is 438 g/mol. The molecule has 4 rings (SSSR count). The lowest BCUT2D eigenvalue weighted by atomic mass is 9.78.